The SMILES string of the molecule is CC(C)(C)OCC(F)(F)COc1ccc(N2CCN(C(C)(C)C)CC2)nc1. The molecule has 1 saturated heterocycles. The Labute approximate surface area is 161 Å². The molecule has 2 rings (SSSR count). The lowest BCUT2D eigenvalue weighted by Crippen LogP contribution is -2.53. The third kappa shape index (κ3) is 7.22. The van der Waals surface area contributed by atoms with Crippen LogP contribution in [0.4, 0.5) is 14.6 Å². The van der Waals surface area contributed by atoms with Gasteiger partial charge in [-0.05, 0) is 53.7 Å². The van der Waals surface area contributed by atoms with E-state index in [9.17, 15) is 8.78 Å². The molecule has 1 aliphatic rings. The number of anilines is 1. The van der Waals surface area contributed by atoms with Crippen LogP contribution in [-0.4, -0.2) is 66.3 Å². The van der Waals surface area contributed by atoms with Gasteiger partial charge in [0.05, 0.1) is 11.8 Å². The number of alkyl halides is 2. The number of aromatic nitrogens is 1. The summed E-state index contributed by atoms with van der Waals surface area (Å²) >= 11 is 0. The highest BCUT2D eigenvalue weighted by atomic mass is 19.3. The van der Waals surface area contributed by atoms with Gasteiger partial charge in [-0.25, -0.2) is 13.8 Å². The molecule has 1 aromatic heterocycles. The number of hydrogen-bond donors (Lipinski definition) is 0. The molecular weight excluding hydrogens is 352 g/mol. The van der Waals surface area contributed by atoms with E-state index in [1.54, 1.807) is 26.8 Å². The van der Waals surface area contributed by atoms with Crippen LogP contribution < -0.4 is 9.64 Å². The number of ether oxygens (including phenoxy) is 2. The average Bonchev–Trinajstić information content (AvgIpc) is 2.58. The molecule has 0 atom stereocenters. The fourth-order valence-electron chi connectivity index (χ4n) is 2.80. The second-order valence-corrected chi connectivity index (χ2v) is 9.04. The zero-order valence-corrected chi connectivity index (χ0v) is 17.4. The van der Waals surface area contributed by atoms with Crippen molar-refractivity contribution in [2.45, 2.75) is 58.6 Å². The highest BCUT2D eigenvalue weighted by Gasteiger charge is 2.33. The molecule has 154 valence electrons. The van der Waals surface area contributed by atoms with Crippen LogP contribution in [0.5, 0.6) is 5.75 Å². The zero-order chi connectivity index (χ0) is 20.3. The van der Waals surface area contributed by atoms with Crippen LogP contribution in [0.3, 0.4) is 0 Å². The van der Waals surface area contributed by atoms with Gasteiger partial charge < -0.3 is 14.4 Å². The third-order valence-electron chi connectivity index (χ3n) is 4.44. The van der Waals surface area contributed by atoms with Gasteiger partial charge in [-0.1, -0.05) is 0 Å². The average molecular weight is 385 g/mol. The van der Waals surface area contributed by atoms with E-state index in [2.05, 4.69) is 35.6 Å². The van der Waals surface area contributed by atoms with Gasteiger partial charge in [-0.15, -0.1) is 0 Å². The summed E-state index contributed by atoms with van der Waals surface area (Å²) < 4.78 is 38.1. The molecule has 0 radical (unpaired) electrons. The Morgan fingerprint density at radius 3 is 2.07 bits per heavy atom. The Kier molecular flexibility index (Phi) is 6.68. The smallest absolute Gasteiger partial charge is 0.304 e. The summed E-state index contributed by atoms with van der Waals surface area (Å²) in [5.74, 6) is -1.86. The molecule has 0 N–H and O–H groups in total. The number of hydrogen-bond acceptors (Lipinski definition) is 5. The van der Waals surface area contributed by atoms with Gasteiger partial charge in [0.25, 0.3) is 0 Å². The Morgan fingerprint density at radius 1 is 0.963 bits per heavy atom. The molecule has 1 aromatic rings. The maximum Gasteiger partial charge on any atom is 0.304 e. The summed E-state index contributed by atoms with van der Waals surface area (Å²) in [5.41, 5.74) is -0.442. The van der Waals surface area contributed by atoms with E-state index in [-0.39, 0.29) is 5.54 Å². The van der Waals surface area contributed by atoms with Crippen molar-refractivity contribution in [2.75, 3.05) is 44.3 Å². The first-order valence-corrected chi connectivity index (χ1v) is 9.46. The molecule has 0 saturated carbocycles. The van der Waals surface area contributed by atoms with Gasteiger partial charge in [0.2, 0.25) is 0 Å². The lowest BCUT2D eigenvalue weighted by molar-refractivity contribution is -0.137. The van der Waals surface area contributed by atoms with E-state index < -0.39 is 24.7 Å². The van der Waals surface area contributed by atoms with E-state index in [1.165, 1.54) is 6.20 Å². The van der Waals surface area contributed by atoms with Crippen LogP contribution in [-0.2, 0) is 4.74 Å². The highest BCUT2D eigenvalue weighted by Crippen LogP contribution is 2.23. The fourth-order valence-corrected chi connectivity index (χ4v) is 2.80. The molecule has 5 nitrogen and oxygen atoms in total. The van der Waals surface area contributed by atoms with Crippen molar-refractivity contribution in [1.29, 1.82) is 0 Å². The predicted octanol–water partition coefficient (Wildman–Crippen LogP) is 3.83. The Bertz CT molecular complexity index is 587. The third-order valence-corrected chi connectivity index (χ3v) is 4.44. The maximum absolute atomic E-state index is 13.9. The normalized spacial score (nSPS) is 17.3. The number of rotatable bonds is 6. The second kappa shape index (κ2) is 8.27. The molecule has 0 aliphatic carbocycles. The summed E-state index contributed by atoms with van der Waals surface area (Å²) in [6, 6.07) is 3.52. The van der Waals surface area contributed by atoms with Crippen molar-refractivity contribution in [3.63, 3.8) is 0 Å². The van der Waals surface area contributed by atoms with Crippen LogP contribution in [0.2, 0.25) is 0 Å². The lowest BCUT2D eigenvalue weighted by atomic mass is 10.1. The van der Waals surface area contributed by atoms with Gasteiger partial charge in [-0.3, -0.25) is 4.90 Å². The molecule has 2 heterocycles. The van der Waals surface area contributed by atoms with Gasteiger partial charge in [0.1, 0.15) is 18.2 Å². The predicted molar refractivity (Wildman–Crippen MR) is 104 cm³/mol. The number of pyridine rings is 1. The Morgan fingerprint density at radius 2 is 1.59 bits per heavy atom. The van der Waals surface area contributed by atoms with Crippen LogP contribution >= 0.6 is 0 Å². The van der Waals surface area contributed by atoms with Crippen molar-refractivity contribution >= 4 is 5.82 Å². The first kappa shape index (κ1) is 21.8. The van der Waals surface area contributed by atoms with Gasteiger partial charge in [0, 0.05) is 31.7 Å². The minimum Gasteiger partial charge on any atom is -0.486 e. The fraction of sp³-hybridized carbons (Fsp3) is 0.750. The number of piperazine rings is 1. The summed E-state index contributed by atoms with van der Waals surface area (Å²) in [5, 5.41) is 0. The van der Waals surface area contributed by atoms with E-state index in [1.807, 2.05) is 6.07 Å². The summed E-state index contributed by atoms with van der Waals surface area (Å²) in [4.78, 5) is 9.04. The van der Waals surface area contributed by atoms with Crippen LogP contribution in [0.25, 0.3) is 0 Å². The standard InChI is InChI=1S/C20H33F2N3O2/c1-18(2,3)25-11-9-24(10-12-25)17-8-7-16(13-23-17)26-14-20(21,22)15-27-19(4,5)6/h7-8,13H,9-12,14-15H2,1-6H3. The van der Waals surface area contributed by atoms with Crippen molar-refractivity contribution in [3.05, 3.63) is 18.3 Å². The van der Waals surface area contributed by atoms with Gasteiger partial charge in [-0.2, -0.15) is 0 Å². The van der Waals surface area contributed by atoms with E-state index in [0.717, 1.165) is 32.0 Å². The van der Waals surface area contributed by atoms with Gasteiger partial charge >= 0.3 is 5.92 Å². The molecule has 0 spiro atoms. The van der Waals surface area contributed by atoms with E-state index >= 15 is 0 Å². The molecule has 1 fully saturated rings. The second-order valence-electron chi connectivity index (χ2n) is 9.04. The van der Waals surface area contributed by atoms with Crippen LogP contribution in [0, 0.1) is 0 Å². The molecule has 0 aromatic carbocycles. The van der Waals surface area contributed by atoms with E-state index in [0.29, 0.717) is 5.75 Å². The lowest BCUT2D eigenvalue weighted by Gasteiger charge is -2.42. The molecule has 27 heavy (non-hydrogen) atoms. The minimum atomic E-state index is -3.05. The molecule has 0 bridgehead atoms. The van der Waals surface area contributed by atoms with Crippen molar-refractivity contribution in [1.82, 2.24) is 9.88 Å². The first-order chi connectivity index (χ1) is 12.4. The van der Waals surface area contributed by atoms with Crippen LogP contribution in [0.1, 0.15) is 41.5 Å². The monoisotopic (exact) mass is 385 g/mol. The Balaban J connectivity index is 1.83. The molecule has 7 heteroatoms. The van der Waals surface area contributed by atoms with Crippen molar-refractivity contribution in [3.8, 4) is 5.75 Å². The molecule has 0 unspecified atom stereocenters. The van der Waals surface area contributed by atoms with Crippen molar-refractivity contribution < 1.29 is 18.3 Å². The minimum absolute atomic E-state index is 0.166. The molecule has 1 aliphatic heterocycles. The maximum atomic E-state index is 13.9. The summed E-state index contributed by atoms with van der Waals surface area (Å²) in [6.45, 7) is 14.2. The highest BCUT2D eigenvalue weighted by molar-refractivity contribution is 5.41. The first-order valence-electron chi connectivity index (χ1n) is 9.46. The molecule has 0 amide bonds. The number of halogens is 2. The van der Waals surface area contributed by atoms with Crippen molar-refractivity contribution in [2.24, 2.45) is 0 Å². The van der Waals surface area contributed by atoms with E-state index in [4.69, 9.17) is 9.47 Å². The summed E-state index contributed by atoms with van der Waals surface area (Å²) in [6.07, 6.45) is 1.51. The van der Waals surface area contributed by atoms with Gasteiger partial charge in [0.15, 0.2) is 6.61 Å². The number of nitrogens with zero attached hydrogens (tertiary/aromatic N) is 3. The Hall–Kier alpha value is -1.47. The topological polar surface area (TPSA) is 37.8 Å². The largest absolute Gasteiger partial charge is 0.486 e. The van der Waals surface area contributed by atoms with Crippen LogP contribution in [0.15, 0.2) is 18.3 Å². The quantitative estimate of drug-likeness (QED) is 0.744. The molecular formula is C20H33F2N3O2. The summed E-state index contributed by atoms with van der Waals surface area (Å²) in [7, 11) is 0. The zero-order valence-electron chi connectivity index (χ0n) is 17.4.